The van der Waals surface area contributed by atoms with E-state index in [-0.39, 0.29) is 11.9 Å². The highest BCUT2D eigenvalue weighted by molar-refractivity contribution is 5.72. The summed E-state index contributed by atoms with van der Waals surface area (Å²) >= 11 is 0. The molecule has 0 radical (unpaired) electrons. The SMILES string of the molecule is COC(=O)C1CCCCC1CNc1ccc(-c2ccccc2)nn1. The molecule has 0 aliphatic heterocycles. The molecule has 126 valence electrons. The predicted molar refractivity (Wildman–Crippen MR) is 93.4 cm³/mol. The predicted octanol–water partition coefficient (Wildman–Crippen LogP) is 3.53. The van der Waals surface area contributed by atoms with Crippen molar-refractivity contribution in [1.29, 1.82) is 0 Å². The molecule has 2 unspecified atom stereocenters. The number of benzene rings is 1. The number of carbonyl (C=O) groups is 1. The molecule has 5 nitrogen and oxygen atoms in total. The number of nitrogens with one attached hydrogen (secondary N) is 1. The first-order chi connectivity index (χ1) is 11.8. The summed E-state index contributed by atoms with van der Waals surface area (Å²) in [5.41, 5.74) is 1.90. The highest BCUT2D eigenvalue weighted by Crippen LogP contribution is 2.31. The Balaban J connectivity index is 1.61. The van der Waals surface area contributed by atoms with E-state index in [2.05, 4.69) is 15.5 Å². The van der Waals surface area contributed by atoms with Crippen molar-refractivity contribution in [1.82, 2.24) is 10.2 Å². The van der Waals surface area contributed by atoms with Gasteiger partial charge >= 0.3 is 5.97 Å². The number of ether oxygens (including phenoxy) is 1. The van der Waals surface area contributed by atoms with Crippen molar-refractivity contribution in [2.24, 2.45) is 11.8 Å². The summed E-state index contributed by atoms with van der Waals surface area (Å²) in [4.78, 5) is 11.9. The van der Waals surface area contributed by atoms with Crippen molar-refractivity contribution in [2.75, 3.05) is 19.0 Å². The van der Waals surface area contributed by atoms with Gasteiger partial charge < -0.3 is 10.1 Å². The van der Waals surface area contributed by atoms with Gasteiger partial charge in [-0.1, -0.05) is 43.2 Å². The molecule has 1 aliphatic carbocycles. The van der Waals surface area contributed by atoms with Crippen LogP contribution in [0.5, 0.6) is 0 Å². The van der Waals surface area contributed by atoms with E-state index in [1.54, 1.807) is 0 Å². The number of hydrogen-bond donors (Lipinski definition) is 1. The van der Waals surface area contributed by atoms with Crippen molar-refractivity contribution < 1.29 is 9.53 Å². The van der Waals surface area contributed by atoms with Gasteiger partial charge in [0, 0.05) is 12.1 Å². The zero-order chi connectivity index (χ0) is 16.8. The van der Waals surface area contributed by atoms with Gasteiger partial charge in [0.25, 0.3) is 0 Å². The number of esters is 1. The summed E-state index contributed by atoms with van der Waals surface area (Å²) in [6.07, 6.45) is 4.22. The zero-order valence-electron chi connectivity index (χ0n) is 13.9. The fourth-order valence-electron chi connectivity index (χ4n) is 3.34. The molecule has 0 amide bonds. The van der Waals surface area contributed by atoms with Crippen molar-refractivity contribution in [3.05, 3.63) is 42.5 Å². The molecular weight excluding hydrogens is 302 g/mol. The van der Waals surface area contributed by atoms with E-state index in [9.17, 15) is 4.79 Å². The van der Waals surface area contributed by atoms with E-state index in [1.807, 2.05) is 42.5 Å². The van der Waals surface area contributed by atoms with Crippen LogP contribution in [0.3, 0.4) is 0 Å². The van der Waals surface area contributed by atoms with Gasteiger partial charge in [0.2, 0.25) is 0 Å². The molecule has 0 saturated heterocycles. The molecule has 1 saturated carbocycles. The lowest BCUT2D eigenvalue weighted by molar-refractivity contribution is -0.148. The number of methoxy groups -OCH3 is 1. The van der Waals surface area contributed by atoms with Crippen LogP contribution in [0.1, 0.15) is 25.7 Å². The third-order valence-corrected chi connectivity index (χ3v) is 4.69. The number of anilines is 1. The maximum Gasteiger partial charge on any atom is 0.309 e. The highest BCUT2D eigenvalue weighted by Gasteiger charge is 2.31. The number of aromatic nitrogens is 2. The first-order valence-corrected chi connectivity index (χ1v) is 8.49. The van der Waals surface area contributed by atoms with Crippen LogP contribution in [0.25, 0.3) is 11.3 Å². The van der Waals surface area contributed by atoms with Gasteiger partial charge in [-0.3, -0.25) is 4.79 Å². The minimum Gasteiger partial charge on any atom is -0.469 e. The Morgan fingerprint density at radius 1 is 1.12 bits per heavy atom. The van der Waals surface area contributed by atoms with Gasteiger partial charge in [0.05, 0.1) is 18.7 Å². The van der Waals surface area contributed by atoms with Crippen LogP contribution >= 0.6 is 0 Å². The molecule has 0 bridgehead atoms. The molecule has 1 heterocycles. The van der Waals surface area contributed by atoms with Crippen LogP contribution in [0.4, 0.5) is 5.82 Å². The Hall–Kier alpha value is -2.43. The van der Waals surface area contributed by atoms with Crippen LogP contribution < -0.4 is 5.32 Å². The Morgan fingerprint density at radius 3 is 2.62 bits per heavy atom. The van der Waals surface area contributed by atoms with Crippen LogP contribution in [0.15, 0.2) is 42.5 Å². The van der Waals surface area contributed by atoms with Crippen molar-refractivity contribution in [3.63, 3.8) is 0 Å². The van der Waals surface area contributed by atoms with Gasteiger partial charge in [-0.2, -0.15) is 0 Å². The van der Waals surface area contributed by atoms with Crippen molar-refractivity contribution >= 4 is 11.8 Å². The van der Waals surface area contributed by atoms with Crippen LogP contribution in [0, 0.1) is 11.8 Å². The summed E-state index contributed by atoms with van der Waals surface area (Å²) in [5.74, 6) is 0.936. The molecule has 1 aromatic carbocycles. The van der Waals surface area contributed by atoms with E-state index in [4.69, 9.17) is 4.74 Å². The Kier molecular flexibility index (Phi) is 5.41. The molecule has 1 aromatic heterocycles. The molecule has 1 fully saturated rings. The van der Waals surface area contributed by atoms with Crippen LogP contribution in [0.2, 0.25) is 0 Å². The normalized spacial score (nSPS) is 20.4. The summed E-state index contributed by atoms with van der Waals surface area (Å²) in [5, 5.41) is 11.9. The van der Waals surface area contributed by atoms with Gasteiger partial charge in [0.1, 0.15) is 5.82 Å². The van der Waals surface area contributed by atoms with E-state index < -0.39 is 0 Å². The number of carbonyl (C=O) groups excluding carboxylic acids is 1. The first kappa shape index (κ1) is 16.4. The minimum absolute atomic E-state index is 0.00667. The third kappa shape index (κ3) is 3.91. The second kappa shape index (κ2) is 7.90. The van der Waals surface area contributed by atoms with E-state index in [0.29, 0.717) is 5.92 Å². The Morgan fingerprint density at radius 2 is 1.92 bits per heavy atom. The molecule has 2 atom stereocenters. The molecule has 1 aliphatic rings. The molecule has 5 heteroatoms. The molecule has 3 rings (SSSR count). The zero-order valence-corrected chi connectivity index (χ0v) is 13.9. The Labute approximate surface area is 142 Å². The molecule has 0 spiro atoms. The van der Waals surface area contributed by atoms with Crippen LogP contribution in [-0.4, -0.2) is 29.8 Å². The molecular formula is C19H23N3O2. The topological polar surface area (TPSA) is 64.1 Å². The third-order valence-electron chi connectivity index (χ3n) is 4.69. The average Bonchev–Trinajstić information content (AvgIpc) is 2.67. The van der Waals surface area contributed by atoms with Gasteiger partial charge in [0.15, 0.2) is 0 Å². The van der Waals surface area contributed by atoms with E-state index in [1.165, 1.54) is 13.5 Å². The van der Waals surface area contributed by atoms with Gasteiger partial charge in [-0.05, 0) is 30.9 Å². The smallest absolute Gasteiger partial charge is 0.309 e. The van der Waals surface area contributed by atoms with Gasteiger partial charge in [-0.25, -0.2) is 0 Å². The standard InChI is InChI=1S/C19H23N3O2/c1-24-19(23)16-10-6-5-9-15(16)13-20-18-12-11-17(21-22-18)14-7-3-2-4-8-14/h2-4,7-8,11-12,15-16H,5-6,9-10,13H2,1H3,(H,20,22). The summed E-state index contributed by atoms with van der Waals surface area (Å²) in [6.45, 7) is 0.721. The molecule has 2 aromatic rings. The number of hydrogen-bond acceptors (Lipinski definition) is 5. The van der Waals surface area contributed by atoms with Crippen LogP contribution in [-0.2, 0) is 9.53 Å². The highest BCUT2D eigenvalue weighted by atomic mass is 16.5. The van der Waals surface area contributed by atoms with Gasteiger partial charge in [-0.15, -0.1) is 10.2 Å². The summed E-state index contributed by atoms with van der Waals surface area (Å²) in [7, 11) is 1.47. The maximum atomic E-state index is 11.9. The Bertz CT molecular complexity index is 658. The van der Waals surface area contributed by atoms with E-state index >= 15 is 0 Å². The molecule has 1 N–H and O–H groups in total. The monoisotopic (exact) mass is 325 g/mol. The largest absolute Gasteiger partial charge is 0.469 e. The maximum absolute atomic E-state index is 11.9. The second-order valence-corrected chi connectivity index (χ2v) is 6.22. The lowest BCUT2D eigenvalue weighted by Crippen LogP contribution is -2.32. The lowest BCUT2D eigenvalue weighted by Gasteiger charge is -2.29. The lowest BCUT2D eigenvalue weighted by atomic mass is 9.79. The molecule has 24 heavy (non-hydrogen) atoms. The average molecular weight is 325 g/mol. The second-order valence-electron chi connectivity index (χ2n) is 6.22. The first-order valence-electron chi connectivity index (χ1n) is 8.49. The fourth-order valence-corrected chi connectivity index (χ4v) is 3.34. The quantitative estimate of drug-likeness (QED) is 0.852. The van der Waals surface area contributed by atoms with Crippen molar-refractivity contribution in [2.45, 2.75) is 25.7 Å². The van der Waals surface area contributed by atoms with Crippen molar-refractivity contribution in [3.8, 4) is 11.3 Å². The summed E-state index contributed by atoms with van der Waals surface area (Å²) in [6, 6.07) is 13.9. The number of rotatable bonds is 5. The summed E-state index contributed by atoms with van der Waals surface area (Å²) < 4.78 is 4.94. The number of nitrogens with zero attached hydrogens (tertiary/aromatic N) is 2. The van der Waals surface area contributed by atoms with E-state index in [0.717, 1.165) is 42.9 Å². The minimum atomic E-state index is -0.0907. The fraction of sp³-hybridized carbons (Fsp3) is 0.421.